The summed E-state index contributed by atoms with van der Waals surface area (Å²) in [6.45, 7) is 3.37. The van der Waals surface area contributed by atoms with E-state index in [0.717, 1.165) is 19.4 Å². The standard InChI is InChI=1S/C15H24N2O4S2/c1-3-22(18,19)14-6-8-15(9-7-14)23(20,21)17-10-4-5-13(12-17)11-16-2/h6-9,13,16H,3-5,10-12H2,1-2H3/t13-/m1/s1. The van der Waals surface area contributed by atoms with Gasteiger partial charge in [0.2, 0.25) is 10.0 Å². The Morgan fingerprint density at radius 1 is 1.13 bits per heavy atom. The maximum absolute atomic E-state index is 12.7. The van der Waals surface area contributed by atoms with Crippen LogP contribution < -0.4 is 5.32 Å². The monoisotopic (exact) mass is 360 g/mol. The maximum Gasteiger partial charge on any atom is 0.243 e. The average Bonchev–Trinajstić information content (AvgIpc) is 2.55. The molecule has 0 aromatic heterocycles. The van der Waals surface area contributed by atoms with E-state index >= 15 is 0 Å². The van der Waals surface area contributed by atoms with Gasteiger partial charge in [-0.25, -0.2) is 16.8 Å². The van der Waals surface area contributed by atoms with Crippen molar-refractivity contribution in [3.05, 3.63) is 24.3 Å². The SMILES string of the molecule is CCS(=O)(=O)c1ccc(S(=O)(=O)N2CCC[C@H](CNC)C2)cc1. The minimum atomic E-state index is -3.57. The molecule has 6 nitrogen and oxygen atoms in total. The van der Waals surface area contributed by atoms with Crippen LogP contribution >= 0.6 is 0 Å². The van der Waals surface area contributed by atoms with Crippen molar-refractivity contribution in [2.45, 2.75) is 29.6 Å². The van der Waals surface area contributed by atoms with E-state index in [-0.39, 0.29) is 15.5 Å². The fourth-order valence-electron chi connectivity index (χ4n) is 2.84. The quantitative estimate of drug-likeness (QED) is 0.821. The van der Waals surface area contributed by atoms with E-state index in [1.165, 1.54) is 28.6 Å². The van der Waals surface area contributed by atoms with Crippen molar-refractivity contribution in [1.29, 1.82) is 0 Å². The zero-order chi connectivity index (χ0) is 17.1. The minimum Gasteiger partial charge on any atom is -0.319 e. The number of sulfone groups is 1. The third-order valence-electron chi connectivity index (χ3n) is 4.18. The molecule has 0 bridgehead atoms. The van der Waals surface area contributed by atoms with Crippen molar-refractivity contribution in [3.8, 4) is 0 Å². The van der Waals surface area contributed by atoms with Crippen molar-refractivity contribution in [3.63, 3.8) is 0 Å². The van der Waals surface area contributed by atoms with E-state index in [1.54, 1.807) is 6.92 Å². The lowest BCUT2D eigenvalue weighted by Crippen LogP contribution is -2.42. The van der Waals surface area contributed by atoms with Crippen LogP contribution in [0.2, 0.25) is 0 Å². The van der Waals surface area contributed by atoms with Crippen molar-refractivity contribution in [2.24, 2.45) is 5.92 Å². The summed E-state index contributed by atoms with van der Waals surface area (Å²) in [5.41, 5.74) is 0. The number of rotatable bonds is 6. The lowest BCUT2D eigenvalue weighted by molar-refractivity contribution is 0.263. The van der Waals surface area contributed by atoms with Crippen molar-refractivity contribution < 1.29 is 16.8 Å². The summed E-state index contributed by atoms with van der Waals surface area (Å²) >= 11 is 0. The van der Waals surface area contributed by atoms with Crippen LogP contribution in [-0.4, -0.2) is 53.6 Å². The van der Waals surface area contributed by atoms with Crippen molar-refractivity contribution >= 4 is 19.9 Å². The second-order valence-corrected chi connectivity index (χ2v) is 10.0. The molecule has 0 aliphatic carbocycles. The number of nitrogens with zero attached hydrogens (tertiary/aromatic N) is 1. The number of hydrogen-bond donors (Lipinski definition) is 1. The molecule has 130 valence electrons. The van der Waals surface area contributed by atoms with E-state index in [9.17, 15) is 16.8 Å². The highest BCUT2D eigenvalue weighted by atomic mass is 32.2. The first-order chi connectivity index (χ1) is 10.8. The third-order valence-corrected chi connectivity index (χ3v) is 7.81. The molecule has 23 heavy (non-hydrogen) atoms. The predicted octanol–water partition coefficient (Wildman–Crippen LogP) is 1.10. The highest BCUT2D eigenvalue weighted by molar-refractivity contribution is 7.91. The lowest BCUT2D eigenvalue weighted by atomic mass is 10.00. The Hall–Kier alpha value is -0.960. The molecule has 1 N–H and O–H groups in total. The predicted molar refractivity (Wildman–Crippen MR) is 89.6 cm³/mol. The average molecular weight is 361 g/mol. The molecule has 1 fully saturated rings. The summed E-state index contributed by atoms with van der Waals surface area (Å²) in [6, 6.07) is 5.53. The van der Waals surface area contributed by atoms with E-state index in [2.05, 4.69) is 5.32 Å². The summed E-state index contributed by atoms with van der Waals surface area (Å²) in [7, 11) is -5.03. The Bertz CT molecular complexity index is 725. The molecule has 1 atom stereocenters. The Morgan fingerprint density at radius 3 is 2.30 bits per heavy atom. The van der Waals surface area contributed by atoms with Gasteiger partial charge in [0.25, 0.3) is 0 Å². The Morgan fingerprint density at radius 2 is 1.74 bits per heavy atom. The summed E-state index contributed by atoms with van der Waals surface area (Å²) in [5, 5.41) is 3.09. The van der Waals surface area contributed by atoms with E-state index in [1.807, 2.05) is 7.05 Å². The van der Waals surface area contributed by atoms with Gasteiger partial charge in [-0.15, -0.1) is 0 Å². The molecule has 1 heterocycles. The Kier molecular flexibility index (Phi) is 5.83. The summed E-state index contributed by atoms with van der Waals surface area (Å²) < 4.78 is 50.6. The van der Waals surface area contributed by atoms with Crippen molar-refractivity contribution in [1.82, 2.24) is 9.62 Å². The number of sulfonamides is 1. The Balaban J connectivity index is 2.22. The Labute approximate surface area is 138 Å². The second-order valence-electron chi connectivity index (χ2n) is 5.80. The first-order valence-corrected chi connectivity index (χ1v) is 10.9. The van der Waals surface area contributed by atoms with Gasteiger partial charge in [-0.05, 0) is 56.6 Å². The van der Waals surface area contributed by atoms with Crippen LogP contribution in [-0.2, 0) is 19.9 Å². The largest absolute Gasteiger partial charge is 0.319 e. The molecule has 1 aliphatic rings. The number of hydrogen-bond acceptors (Lipinski definition) is 5. The molecule has 8 heteroatoms. The van der Waals surface area contributed by atoms with Crippen LogP contribution in [0.1, 0.15) is 19.8 Å². The maximum atomic E-state index is 12.7. The first-order valence-electron chi connectivity index (χ1n) is 7.79. The highest BCUT2D eigenvalue weighted by Crippen LogP contribution is 2.24. The molecule has 1 aliphatic heterocycles. The zero-order valence-corrected chi connectivity index (χ0v) is 15.2. The molecule has 0 amide bonds. The van der Waals surface area contributed by atoms with E-state index in [0.29, 0.717) is 19.0 Å². The van der Waals surface area contributed by atoms with Gasteiger partial charge in [0.15, 0.2) is 9.84 Å². The molecular weight excluding hydrogens is 336 g/mol. The highest BCUT2D eigenvalue weighted by Gasteiger charge is 2.30. The minimum absolute atomic E-state index is 0.00306. The normalized spacial score (nSPS) is 20.5. The topological polar surface area (TPSA) is 83.5 Å². The molecule has 0 saturated carbocycles. The molecule has 1 aromatic carbocycles. The second kappa shape index (κ2) is 7.29. The lowest BCUT2D eigenvalue weighted by Gasteiger charge is -2.31. The molecule has 1 aromatic rings. The molecular formula is C15H24N2O4S2. The number of benzene rings is 1. The number of nitrogens with one attached hydrogen (secondary N) is 1. The van der Waals surface area contributed by atoms with Crippen LogP contribution in [0.3, 0.4) is 0 Å². The van der Waals surface area contributed by atoms with Gasteiger partial charge in [-0.2, -0.15) is 4.31 Å². The van der Waals surface area contributed by atoms with E-state index < -0.39 is 19.9 Å². The van der Waals surface area contributed by atoms with Crippen LogP contribution in [0, 0.1) is 5.92 Å². The van der Waals surface area contributed by atoms with Crippen LogP contribution in [0.25, 0.3) is 0 Å². The smallest absolute Gasteiger partial charge is 0.243 e. The van der Waals surface area contributed by atoms with Crippen LogP contribution in [0.15, 0.2) is 34.1 Å². The molecule has 2 rings (SSSR count). The van der Waals surface area contributed by atoms with Gasteiger partial charge < -0.3 is 5.32 Å². The molecule has 0 unspecified atom stereocenters. The fraction of sp³-hybridized carbons (Fsp3) is 0.600. The summed E-state index contributed by atoms with van der Waals surface area (Å²) in [6.07, 6.45) is 1.86. The summed E-state index contributed by atoms with van der Waals surface area (Å²) in [5.74, 6) is 0.306. The third kappa shape index (κ3) is 4.12. The van der Waals surface area contributed by atoms with Gasteiger partial charge in [0.05, 0.1) is 15.5 Å². The molecule has 0 spiro atoms. The number of piperidine rings is 1. The van der Waals surface area contributed by atoms with Gasteiger partial charge in [-0.3, -0.25) is 0 Å². The molecule has 1 saturated heterocycles. The summed E-state index contributed by atoms with van der Waals surface area (Å²) in [4.78, 5) is 0.309. The van der Waals surface area contributed by atoms with Gasteiger partial charge in [0, 0.05) is 13.1 Å². The zero-order valence-electron chi connectivity index (χ0n) is 13.5. The van der Waals surface area contributed by atoms with Crippen LogP contribution in [0.5, 0.6) is 0 Å². The van der Waals surface area contributed by atoms with Gasteiger partial charge >= 0.3 is 0 Å². The van der Waals surface area contributed by atoms with Crippen molar-refractivity contribution in [2.75, 3.05) is 32.4 Å². The van der Waals surface area contributed by atoms with E-state index in [4.69, 9.17) is 0 Å². The fourth-order valence-corrected chi connectivity index (χ4v) is 5.27. The van der Waals surface area contributed by atoms with Gasteiger partial charge in [-0.1, -0.05) is 6.92 Å². The van der Waals surface area contributed by atoms with Gasteiger partial charge in [0.1, 0.15) is 0 Å². The van der Waals surface area contributed by atoms with Crippen LogP contribution in [0.4, 0.5) is 0 Å². The first kappa shape index (κ1) is 18.4. The molecule has 0 radical (unpaired) electrons.